The minimum atomic E-state index is -0.403. The number of hydrogen-bond donors (Lipinski definition) is 3. The van der Waals surface area contributed by atoms with E-state index in [0.29, 0.717) is 13.1 Å². The maximum Gasteiger partial charge on any atom is 0.414 e. The molecular formula is C17H21N3O4. The van der Waals surface area contributed by atoms with Crippen LogP contribution < -0.4 is 15.5 Å². The summed E-state index contributed by atoms with van der Waals surface area (Å²) in [6, 6.07) is 7.67. The number of benzene rings is 1. The lowest BCUT2D eigenvalue weighted by molar-refractivity contribution is -0.119. The molecule has 3 rings (SSSR count). The molecule has 2 heterocycles. The Kier molecular flexibility index (Phi) is 4.82. The Morgan fingerprint density at radius 1 is 1.42 bits per heavy atom. The van der Waals surface area contributed by atoms with E-state index in [2.05, 4.69) is 10.6 Å². The SMILES string of the molecule is CC(=O)NC[C@H]1CN(c2ccc(C3=C[C@H](CO)NC3)cc2)C(=O)O1. The molecule has 128 valence electrons. The molecule has 0 aromatic heterocycles. The van der Waals surface area contributed by atoms with Gasteiger partial charge in [-0.3, -0.25) is 9.69 Å². The number of nitrogens with one attached hydrogen (secondary N) is 2. The van der Waals surface area contributed by atoms with Crippen LogP contribution in [0.5, 0.6) is 0 Å². The standard InChI is InChI=1S/C17H21N3O4/c1-11(22)18-8-16-9-20(17(23)24-16)15-4-2-12(3-5-15)13-6-14(10-21)19-7-13/h2-6,14,16,19,21H,7-10H2,1H3,(H,18,22)/t14-,16+/m1/s1. The molecule has 3 N–H and O–H groups in total. The molecule has 0 bridgehead atoms. The van der Waals surface area contributed by atoms with Gasteiger partial charge in [0.2, 0.25) is 5.91 Å². The van der Waals surface area contributed by atoms with Gasteiger partial charge in [-0.15, -0.1) is 0 Å². The molecule has 0 radical (unpaired) electrons. The predicted molar refractivity (Wildman–Crippen MR) is 89.6 cm³/mol. The van der Waals surface area contributed by atoms with Crippen molar-refractivity contribution >= 4 is 23.3 Å². The van der Waals surface area contributed by atoms with Gasteiger partial charge in [0.1, 0.15) is 6.10 Å². The third-order valence-electron chi connectivity index (χ3n) is 4.16. The van der Waals surface area contributed by atoms with Crippen LogP contribution in [0.2, 0.25) is 0 Å². The molecule has 1 aromatic carbocycles. The van der Waals surface area contributed by atoms with E-state index in [-0.39, 0.29) is 24.7 Å². The van der Waals surface area contributed by atoms with Gasteiger partial charge in [0.05, 0.1) is 19.7 Å². The first-order valence-corrected chi connectivity index (χ1v) is 7.95. The molecule has 24 heavy (non-hydrogen) atoms. The zero-order valence-corrected chi connectivity index (χ0v) is 13.5. The highest BCUT2D eigenvalue weighted by molar-refractivity contribution is 5.90. The van der Waals surface area contributed by atoms with Gasteiger partial charge in [-0.05, 0) is 23.3 Å². The van der Waals surface area contributed by atoms with E-state index in [9.17, 15) is 9.59 Å². The zero-order valence-electron chi connectivity index (χ0n) is 13.5. The maximum atomic E-state index is 12.0. The summed E-state index contributed by atoms with van der Waals surface area (Å²) in [6.07, 6.45) is 1.27. The van der Waals surface area contributed by atoms with E-state index in [1.54, 1.807) is 4.90 Å². The first-order valence-electron chi connectivity index (χ1n) is 7.95. The fourth-order valence-corrected chi connectivity index (χ4v) is 2.87. The monoisotopic (exact) mass is 331 g/mol. The van der Waals surface area contributed by atoms with Gasteiger partial charge in [0.15, 0.2) is 0 Å². The number of carbonyl (C=O) groups excluding carboxylic acids is 2. The number of ether oxygens (including phenoxy) is 1. The highest BCUT2D eigenvalue weighted by Crippen LogP contribution is 2.25. The fraction of sp³-hybridized carbons (Fsp3) is 0.412. The summed E-state index contributed by atoms with van der Waals surface area (Å²) in [5.41, 5.74) is 2.96. The Morgan fingerprint density at radius 3 is 2.79 bits per heavy atom. The molecule has 7 heteroatoms. The van der Waals surface area contributed by atoms with Crippen LogP contribution in [0, 0.1) is 0 Å². The lowest BCUT2D eigenvalue weighted by Crippen LogP contribution is -2.33. The summed E-state index contributed by atoms with van der Waals surface area (Å²) in [6.45, 7) is 2.96. The van der Waals surface area contributed by atoms with Gasteiger partial charge in [-0.2, -0.15) is 0 Å². The van der Waals surface area contributed by atoms with Crippen molar-refractivity contribution in [1.29, 1.82) is 0 Å². The molecule has 0 unspecified atom stereocenters. The van der Waals surface area contributed by atoms with E-state index in [1.807, 2.05) is 30.3 Å². The smallest absolute Gasteiger partial charge is 0.414 e. The van der Waals surface area contributed by atoms with E-state index < -0.39 is 6.09 Å². The normalized spacial score (nSPS) is 23.2. The molecular weight excluding hydrogens is 310 g/mol. The van der Waals surface area contributed by atoms with Crippen LogP contribution in [-0.4, -0.2) is 55.5 Å². The summed E-state index contributed by atoms with van der Waals surface area (Å²) in [5.74, 6) is -0.145. The van der Waals surface area contributed by atoms with Crippen molar-refractivity contribution in [3.05, 3.63) is 35.9 Å². The second-order valence-corrected chi connectivity index (χ2v) is 5.96. The minimum Gasteiger partial charge on any atom is -0.442 e. The number of aliphatic hydroxyl groups excluding tert-OH is 1. The molecule has 0 spiro atoms. The number of cyclic esters (lactones) is 1. The number of nitrogens with zero attached hydrogens (tertiary/aromatic N) is 1. The quantitative estimate of drug-likeness (QED) is 0.731. The first-order chi connectivity index (χ1) is 11.6. The van der Waals surface area contributed by atoms with Gasteiger partial charge >= 0.3 is 6.09 Å². The van der Waals surface area contributed by atoms with Crippen molar-refractivity contribution in [2.24, 2.45) is 0 Å². The third kappa shape index (κ3) is 3.58. The number of amides is 2. The van der Waals surface area contributed by atoms with Crippen LogP contribution in [0.15, 0.2) is 30.3 Å². The van der Waals surface area contributed by atoms with Crippen molar-refractivity contribution in [3.8, 4) is 0 Å². The lowest BCUT2D eigenvalue weighted by atomic mass is 10.1. The van der Waals surface area contributed by atoms with E-state index in [4.69, 9.17) is 9.84 Å². The second-order valence-electron chi connectivity index (χ2n) is 5.96. The summed E-state index contributed by atoms with van der Waals surface area (Å²) in [4.78, 5) is 24.5. The molecule has 0 saturated carbocycles. The highest BCUT2D eigenvalue weighted by atomic mass is 16.6. The summed E-state index contributed by atoms with van der Waals surface area (Å²) in [5, 5.41) is 15.0. The molecule has 2 aliphatic heterocycles. The van der Waals surface area contributed by atoms with E-state index in [1.165, 1.54) is 6.92 Å². The van der Waals surface area contributed by atoms with Crippen molar-refractivity contribution in [2.75, 3.05) is 31.1 Å². The number of aliphatic hydroxyl groups is 1. The molecule has 1 aromatic rings. The molecule has 7 nitrogen and oxygen atoms in total. The van der Waals surface area contributed by atoms with Crippen LogP contribution in [-0.2, 0) is 9.53 Å². The average molecular weight is 331 g/mol. The Bertz CT molecular complexity index is 656. The van der Waals surface area contributed by atoms with Gasteiger partial charge in [0.25, 0.3) is 0 Å². The van der Waals surface area contributed by atoms with Crippen molar-refractivity contribution in [1.82, 2.24) is 10.6 Å². The van der Waals surface area contributed by atoms with Crippen LogP contribution in [0.1, 0.15) is 12.5 Å². The Balaban J connectivity index is 1.65. The zero-order chi connectivity index (χ0) is 17.1. The van der Waals surface area contributed by atoms with Gasteiger partial charge < -0.3 is 20.5 Å². The first kappa shape index (κ1) is 16.5. The molecule has 2 aliphatic rings. The van der Waals surface area contributed by atoms with Crippen molar-refractivity contribution in [3.63, 3.8) is 0 Å². The van der Waals surface area contributed by atoms with Gasteiger partial charge in [-0.1, -0.05) is 18.2 Å². The largest absolute Gasteiger partial charge is 0.442 e. The molecule has 1 fully saturated rings. The van der Waals surface area contributed by atoms with E-state index >= 15 is 0 Å². The Labute approximate surface area is 140 Å². The van der Waals surface area contributed by atoms with Gasteiger partial charge in [-0.25, -0.2) is 4.79 Å². The third-order valence-corrected chi connectivity index (χ3v) is 4.16. The Hall–Kier alpha value is -2.38. The van der Waals surface area contributed by atoms with Crippen LogP contribution in [0.3, 0.4) is 0 Å². The molecule has 2 amide bonds. The van der Waals surface area contributed by atoms with Crippen LogP contribution >= 0.6 is 0 Å². The number of anilines is 1. The second kappa shape index (κ2) is 7.02. The molecule has 1 saturated heterocycles. The van der Waals surface area contributed by atoms with Gasteiger partial charge in [0, 0.05) is 25.2 Å². The number of hydrogen-bond acceptors (Lipinski definition) is 5. The maximum absolute atomic E-state index is 12.0. The minimum absolute atomic E-state index is 0.00257. The molecule has 2 atom stereocenters. The van der Waals surface area contributed by atoms with Crippen LogP contribution in [0.25, 0.3) is 5.57 Å². The highest BCUT2D eigenvalue weighted by Gasteiger charge is 2.32. The summed E-state index contributed by atoms with van der Waals surface area (Å²) < 4.78 is 5.26. The average Bonchev–Trinajstić information content (AvgIpc) is 3.19. The summed E-state index contributed by atoms with van der Waals surface area (Å²) >= 11 is 0. The predicted octanol–water partition coefficient (Wildman–Crippen LogP) is 0.495. The lowest BCUT2D eigenvalue weighted by Gasteiger charge is -2.14. The van der Waals surface area contributed by atoms with Crippen molar-refractivity contribution < 1.29 is 19.4 Å². The topological polar surface area (TPSA) is 90.9 Å². The van der Waals surface area contributed by atoms with Crippen LogP contribution in [0.4, 0.5) is 10.5 Å². The number of carbonyl (C=O) groups is 2. The Morgan fingerprint density at radius 2 is 2.17 bits per heavy atom. The van der Waals surface area contributed by atoms with E-state index in [0.717, 1.165) is 23.4 Å². The van der Waals surface area contributed by atoms with Crippen molar-refractivity contribution in [2.45, 2.75) is 19.1 Å². The number of rotatable bonds is 5. The summed E-state index contributed by atoms with van der Waals surface area (Å²) in [7, 11) is 0. The fourth-order valence-electron chi connectivity index (χ4n) is 2.87. The molecule has 0 aliphatic carbocycles.